The van der Waals surface area contributed by atoms with E-state index in [0.29, 0.717) is 13.0 Å². The highest BCUT2D eigenvalue weighted by atomic mass is 79.9. The zero-order valence-electron chi connectivity index (χ0n) is 7.78. The SMILES string of the molecule is O=C1CC(Br)CN1c1cc(O)ccc1F. The summed E-state index contributed by atoms with van der Waals surface area (Å²) in [4.78, 5) is 12.9. The van der Waals surface area contributed by atoms with Crippen LogP contribution in [-0.2, 0) is 4.79 Å². The number of aromatic hydroxyl groups is 1. The van der Waals surface area contributed by atoms with Crippen LogP contribution in [0.2, 0.25) is 0 Å². The molecular formula is C10H9BrFNO2. The van der Waals surface area contributed by atoms with Crippen LogP contribution in [0, 0.1) is 5.82 Å². The molecular weight excluding hydrogens is 265 g/mol. The average molecular weight is 274 g/mol. The number of rotatable bonds is 1. The Morgan fingerprint density at radius 3 is 2.87 bits per heavy atom. The number of phenols is 1. The molecule has 5 heteroatoms. The van der Waals surface area contributed by atoms with Gasteiger partial charge in [-0.05, 0) is 12.1 Å². The van der Waals surface area contributed by atoms with E-state index in [-0.39, 0.29) is 22.2 Å². The van der Waals surface area contributed by atoms with E-state index < -0.39 is 5.82 Å². The summed E-state index contributed by atoms with van der Waals surface area (Å²) in [6.07, 6.45) is 0.356. The standard InChI is InChI=1S/C10H9BrFNO2/c11-6-3-10(15)13(5-6)9-4-7(14)1-2-8(9)12/h1-2,4,6,14H,3,5H2. The first-order chi connectivity index (χ1) is 7.08. The molecule has 0 radical (unpaired) electrons. The van der Waals surface area contributed by atoms with E-state index in [4.69, 9.17) is 0 Å². The molecule has 0 saturated carbocycles. The van der Waals surface area contributed by atoms with Crippen LogP contribution >= 0.6 is 15.9 Å². The highest BCUT2D eigenvalue weighted by Crippen LogP contribution is 2.29. The van der Waals surface area contributed by atoms with Crippen LogP contribution in [0.25, 0.3) is 0 Å². The van der Waals surface area contributed by atoms with Crippen LogP contribution in [0.15, 0.2) is 18.2 Å². The molecule has 3 nitrogen and oxygen atoms in total. The monoisotopic (exact) mass is 273 g/mol. The van der Waals surface area contributed by atoms with Crippen molar-refractivity contribution in [1.82, 2.24) is 0 Å². The number of phenolic OH excluding ortho intramolecular Hbond substituents is 1. The van der Waals surface area contributed by atoms with Crippen LogP contribution in [0.4, 0.5) is 10.1 Å². The van der Waals surface area contributed by atoms with Gasteiger partial charge in [-0.1, -0.05) is 15.9 Å². The number of halogens is 2. The first kappa shape index (κ1) is 10.4. The largest absolute Gasteiger partial charge is 0.508 e. The summed E-state index contributed by atoms with van der Waals surface area (Å²) in [5.41, 5.74) is 0.141. The highest BCUT2D eigenvalue weighted by molar-refractivity contribution is 9.09. The van der Waals surface area contributed by atoms with E-state index in [2.05, 4.69) is 15.9 Å². The molecule has 1 unspecified atom stereocenters. The van der Waals surface area contributed by atoms with Crippen molar-refractivity contribution in [1.29, 1.82) is 0 Å². The van der Waals surface area contributed by atoms with E-state index in [9.17, 15) is 14.3 Å². The van der Waals surface area contributed by atoms with E-state index in [1.54, 1.807) is 0 Å². The van der Waals surface area contributed by atoms with Gasteiger partial charge in [0.15, 0.2) is 0 Å². The Balaban J connectivity index is 2.37. The Bertz CT molecular complexity index is 410. The number of nitrogens with zero attached hydrogens (tertiary/aromatic N) is 1. The molecule has 1 atom stereocenters. The zero-order valence-corrected chi connectivity index (χ0v) is 9.37. The fourth-order valence-corrected chi connectivity index (χ4v) is 2.17. The summed E-state index contributed by atoms with van der Waals surface area (Å²) >= 11 is 3.31. The summed E-state index contributed by atoms with van der Waals surface area (Å²) < 4.78 is 13.4. The van der Waals surface area contributed by atoms with Crippen molar-refractivity contribution in [3.8, 4) is 5.75 Å². The van der Waals surface area contributed by atoms with Crippen molar-refractivity contribution in [2.75, 3.05) is 11.4 Å². The minimum Gasteiger partial charge on any atom is -0.508 e. The number of carbonyl (C=O) groups excluding carboxylic acids is 1. The first-order valence-electron chi connectivity index (χ1n) is 4.51. The van der Waals surface area contributed by atoms with E-state index in [0.717, 1.165) is 6.07 Å². The number of amides is 1. The third kappa shape index (κ3) is 1.97. The van der Waals surface area contributed by atoms with Crippen LogP contribution in [0.3, 0.4) is 0 Å². The van der Waals surface area contributed by atoms with Gasteiger partial charge in [0.2, 0.25) is 5.91 Å². The quantitative estimate of drug-likeness (QED) is 0.796. The fraction of sp³-hybridized carbons (Fsp3) is 0.300. The number of carbonyl (C=O) groups is 1. The lowest BCUT2D eigenvalue weighted by molar-refractivity contribution is -0.117. The summed E-state index contributed by atoms with van der Waals surface area (Å²) in [6, 6.07) is 3.67. The van der Waals surface area contributed by atoms with Gasteiger partial charge in [0.1, 0.15) is 11.6 Å². The van der Waals surface area contributed by atoms with Crippen molar-refractivity contribution >= 4 is 27.5 Å². The minimum absolute atomic E-state index is 0.0442. The number of hydrogen-bond acceptors (Lipinski definition) is 2. The Labute approximate surface area is 94.6 Å². The van der Waals surface area contributed by atoms with Gasteiger partial charge in [-0.3, -0.25) is 4.79 Å². The Kier molecular flexibility index (Phi) is 2.65. The van der Waals surface area contributed by atoms with Gasteiger partial charge < -0.3 is 10.0 Å². The topological polar surface area (TPSA) is 40.5 Å². The maximum atomic E-state index is 13.4. The van der Waals surface area contributed by atoms with Crippen molar-refractivity contribution in [3.05, 3.63) is 24.0 Å². The van der Waals surface area contributed by atoms with E-state index >= 15 is 0 Å². The van der Waals surface area contributed by atoms with Gasteiger partial charge in [-0.25, -0.2) is 4.39 Å². The molecule has 1 aromatic carbocycles. The maximum absolute atomic E-state index is 13.4. The molecule has 1 N–H and O–H groups in total. The summed E-state index contributed by atoms with van der Waals surface area (Å²) in [5.74, 6) is -0.679. The third-order valence-electron chi connectivity index (χ3n) is 2.30. The number of hydrogen-bond donors (Lipinski definition) is 1. The molecule has 0 spiro atoms. The number of alkyl halides is 1. The summed E-state index contributed by atoms with van der Waals surface area (Å²) in [5, 5.41) is 9.23. The lowest BCUT2D eigenvalue weighted by Crippen LogP contribution is -2.25. The Hall–Kier alpha value is -1.10. The van der Waals surface area contributed by atoms with Gasteiger partial charge in [-0.15, -0.1) is 0 Å². The van der Waals surface area contributed by atoms with Crippen molar-refractivity contribution < 1.29 is 14.3 Å². The molecule has 1 heterocycles. The zero-order chi connectivity index (χ0) is 11.0. The number of anilines is 1. The van der Waals surface area contributed by atoms with Crippen LogP contribution < -0.4 is 4.90 Å². The lowest BCUT2D eigenvalue weighted by atomic mass is 10.2. The molecule has 1 saturated heterocycles. The van der Waals surface area contributed by atoms with Crippen molar-refractivity contribution in [2.24, 2.45) is 0 Å². The maximum Gasteiger partial charge on any atom is 0.228 e. The lowest BCUT2D eigenvalue weighted by Gasteiger charge is -2.16. The van der Waals surface area contributed by atoms with Gasteiger partial charge in [0.05, 0.1) is 5.69 Å². The molecule has 80 valence electrons. The highest BCUT2D eigenvalue weighted by Gasteiger charge is 2.30. The van der Waals surface area contributed by atoms with Crippen LogP contribution in [0.5, 0.6) is 5.75 Å². The van der Waals surface area contributed by atoms with Crippen LogP contribution in [-0.4, -0.2) is 22.4 Å². The van der Waals surface area contributed by atoms with E-state index in [1.807, 2.05) is 0 Å². The average Bonchev–Trinajstić information content (AvgIpc) is 2.50. The summed E-state index contributed by atoms with van der Waals surface area (Å²) in [7, 11) is 0. The van der Waals surface area contributed by atoms with Gasteiger partial charge in [-0.2, -0.15) is 0 Å². The van der Waals surface area contributed by atoms with Crippen molar-refractivity contribution in [2.45, 2.75) is 11.2 Å². The number of benzene rings is 1. The molecule has 0 bridgehead atoms. The molecule has 15 heavy (non-hydrogen) atoms. The van der Waals surface area contributed by atoms with Gasteiger partial charge >= 0.3 is 0 Å². The molecule has 2 rings (SSSR count). The second kappa shape index (κ2) is 3.81. The smallest absolute Gasteiger partial charge is 0.228 e. The Morgan fingerprint density at radius 1 is 1.53 bits per heavy atom. The second-order valence-corrected chi connectivity index (χ2v) is 4.74. The van der Waals surface area contributed by atoms with Gasteiger partial charge in [0.25, 0.3) is 0 Å². The summed E-state index contributed by atoms with van der Waals surface area (Å²) in [6.45, 7) is 0.430. The Morgan fingerprint density at radius 2 is 2.27 bits per heavy atom. The van der Waals surface area contributed by atoms with Gasteiger partial charge in [0, 0.05) is 23.9 Å². The normalized spacial score (nSPS) is 21.1. The molecule has 1 amide bonds. The molecule has 1 fully saturated rings. The predicted octanol–water partition coefficient (Wildman–Crippen LogP) is 2.03. The van der Waals surface area contributed by atoms with Crippen LogP contribution in [0.1, 0.15) is 6.42 Å². The predicted molar refractivity (Wildman–Crippen MR) is 57.7 cm³/mol. The van der Waals surface area contributed by atoms with E-state index in [1.165, 1.54) is 17.0 Å². The fourth-order valence-electron chi connectivity index (χ4n) is 1.60. The minimum atomic E-state index is -0.497. The molecule has 0 aliphatic carbocycles. The first-order valence-corrected chi connectivity index (χ1v) is 5.42. The van der Waals surface area contributed by atoms with Crippen molar-refractivity contribution in [3.63, 3.8) is 0 Å². The molecule has 0 aromatic heterocycles. The molecule has 1 aromatic rings. The molecule has 1 aliphatic heterocycles. The third-order valence-corrected chi connectivity index (χ3v) is 2.91. The molecule has 1 aliphatic rings. The second-order valence-electron chi connectivity index (χ2n) is 3.44.